The fourth-order valence-electron chi connectivity index (χ4n) is 2.47. The van der Waals surface area contributed by atoms with Crippen molar-refractivity contribution in [2.24, 2.45) is 5.73 Å². The lowest BCUT2D eigenvalue weighted by Crippen LogP contribution is -2.50. The SMILES string of the molecule is CCC[C@H](N)c1nc(CC2CN(C)CCN2C)no1. The van der Waals surface area contributed by atoms with Gasteiger partial charge in [-0.05, 0) is 20.5 Å². The molecule has 6 heteroatoms. The van der Waals surface area contributed by atoms with Gasteiger partial charge < -0.3 is 20.1 Å². The minimum atomic E-state index is -0.127. The van der Waals surface area contributed by atoms with Gasteiger partial charge in [0.25, 0.3) is 0 Å². The Morgan fingerprint density at radius 2 is 2.21 bits per heavy atom. The highest BCUT2D eigenvalue weighted by Gasteiger charge is 2.24. The van der Waals surface area contributed by atoms with Crippen molar-refractivity contribution in [2.75, 3.05) is 33.7 Å². The van der Waals surface area contributed by atoms with Crippen LogP contribution >= 0.6 is 0 Å². The lowest BCUT2D eigenvalue weighted by Gasteiger charge is -2.37. The highest BCUT2D eigenvalue weighted by molar-refractivity contribution is 4.95. The van der Waals surface area contributed by atoms with Crippen LogP contribution in [-0.2, 0) is 6.42 Å². The Bertz CT molecular complexity index is 394. The van der Waals surface area contributed by atoms with Crippen LogP contribution in [0.25, 0.3) is 0 Å². The molecular weight excluding hydrogens is 242 g/mol. The molecule has 19 heavy (non-hydrogen) atoms. The van der Waals surface area contributed by atoms with Gasteiger partial charge >= 0.3 is 0 Å². The molecule has 1 aliphatic rings. The van der Waals surface area contributed by atoms with Gasteiger partial charge in [0.15, 0.2) is 5.82 Å². The van der Waals surface area contributed by atoms with Gasteiger partial charge in [-0.3, -0.25) is 0 Å². The second-order valence-corrected chi connectivity index (χ2v) is 5.54. The molecule has 0 aliphatic carbocycles. The van der Waals surface area contributed by atoms with Gasteiger partial charge in [0.05, 0.1) is 6.04 Å². The van der Waals surface area contributed by atoms with Crippen molar-refractivity contribution in [1.29, 1.82) is 0 Å². The third kappa shape index (κ3) is 3.75. The summed E-state index contributed by atoms with van der Waals surface area (Å²) in [7, 11) is 4.31. The highest BCUT2D eigenvalue weighted by atomic mass is 16.5. The zero-order valence-electron chi connectivity index (χ0n) is 12.2. The van der Waals surface area contributed by atoms with E-state index in [2.05, 4.69) is 41.0 Å². The van der Waals surface area contributed by atoms with Crippen LogP contribution in [0.4, 0.5) is 0 Å². The second kappa shape index (κ2) is 6.45. The molecule has 0 radical (unpaired) electrons. The summed E-state index contributed by atoms with van der Waals surface area (Å²) < 4.78 is 5.26. The van der Waals surface area contributed by atoms with E-state index in [9.17, 15) is 0 Å². The molecule has 0 saturated carbocycles. The maximum atomic E-state index is 5.99. The Morgan fingerprint density at radius 3 is 2.95 bits per heavy atom. The molecule has 0 spiro atoms. The van der Waals surface area contributed by atoms with Gasteiger partial charge in [0, 0.05) is 32.1 Å². The Labute approximate surface area is 114 Å². The zero-order valence-corrected chi connectivity index (χ0v) is 12.2. The van der Waals surface area contributed by atoms with E-state index in [4.69, 9.17) is 10.3 Å². The summed E-state index contributed by atoms with van der Waals surface area (Å²) in [6.45, 7) is 5.35. The standard InChI is InChI=1S/C13H25N5O/c1-4-5-11(14)13-15-12(16-19-13)8-10-9-17(2)6-7-18(10)3/h10-11H,4-9,14H2,1-3H3/t10?,11-/m0/s1. The maximum absolute atomic E-state index is 5.99. The van der Waals surface area contributed by atoms with E-state index >= 15 is 0 Å². The third-order valence-electron chi connectivity index (χ3n) is 3.80. The lowest BCUT2D eigenvalue weighted by molar-refractivity contribution is 0.113. The van der Waals surface area contributed by atoms with E-state index < -0.39 is 0 Å². The summed E-state index contributed by atoms with van der Waals surface area (Å²) in [6.07, 6.45) is 2.73. The average Bonchev–Trinajstić information content (AvgIpc) is 2.83. The van der Waals surface area contributed by atoms with Crippen molar-refractivity contribution in [3.05, 3.63) is 11.7 Å². The molecule has 1 saturated heterocycles. The number of hydrogen-bond acceptors (Lipinski definition) is 6. The van der Waals surface area contributed by atoms with Gasteiger partial charge in [-0.2, -0.15) is 4.98 Å². The molecule has 0 bridgehead atoms. The molecule has 0 amide bonds. The number of piperazine rings is 1. The topological polar surface area (TPSA) is 71.4 Å². The summed E-state index contributed by atoms with van der Waals surface area (Å²) in [4.78, 5) is 9.14. The van der Waals surface area contributed by atoms with Gasteiger partial charge in [-0.15, -0.1) is 0 Å². The molecule has 1 aromatic rings. The minimum Gasteiger partial charge on any atom is -0.338 e. The van der Waals surface area contributed by atoms with Crippen LogP contribution in [0.15, 0.2) is 4.52 Å². The predicted octanol–water partition coefficient (Wildman–Crippen LogP) is 0.658. The molecule has 1 fully saturated rings. The quantitative estimate of drug-likeness (QED) is 0.845. The number of rotatable bonds is 5. The van der Waals surface area contributed by atoms with Crippen molar-refractivity contribution in [1.82, 2.24) is 19.9 Å². The van der Waals surface area contributed by atoms with E-state index in [1.54, 1.807) is 0 Å². The second-order valence-electron chi connectivity index (χ2n) is 5.54. The molecule has 2 atom stereocenters. The number of nitrogens with two attached hydrogens (primary N) is 1. The predicted molar refractivity (Wildman–Crippen MR) is 73.8 cm³/mol. The van der Waals surface area contributed by atoms with Gasteiger partial charge in [0.2, 0.25) is 5.89 Å². The average molecular weight is 267 g/mol. The number of nitrogens with zero attached hydrogens (tertiary/aromatic N) is 4. The number of likely N-dealkylation sites (N-methyl/N-ethyl adjacent to an activating group) is 2. The molecule has 1 aliphatic heterocycles. The summed E-state index contributed by atoms with van der Waals surface area (Å²) >= 11 is 0. The van der Waals surface area contributed by atoms with Crippen molar-refractivity contribution >= 4 is 0 Å². The molecule has 108 valence electrons. The van der Waals surface area contributed by atoms with Crippen LogP contribution < -0.4 is 5.73 Å². The monoisotopic (exact) mass is 267 g/mol. The Balaban J connectivity index is 1.95. The molecule has 1 aromatic heterocycles. The smallest absolute Gasteiger partial charge is 0.243 e. The van der Waals surface area contributed by atoms with Crippen LogP contribution in [0.3, 0.4) is 0 Å². The summed E-state index contributed by atoms with van der Waals surface area (Å²) in [6, 6.07) is 0.324. The molecule has 0 aromatic carbocycles. The van der Waals surface area contributed by atoms with E-state index in [1.807, 2.05) is 0 Å². The largest absolute Gasteiger partial charge is 0.338 e. The van der Waals surface area contributed by atoms with Crippen LogP contribution in [0.1, 0.15) is 37.5 Å². The molecule has 2 rings (SSSR count). The third-order valence-corrected chi connectivity index (χ3v) is 3.80. The Morgan fingerprint density at radius 1 is 1.42 bits per heavy atom. The molecular formula is C13H25N5O. The molecule has 1 unspecified atom stereocenters. The minimum absolute atomic E-state index is 0.127. The molecule has 6 nitrogen and oxygen atoms in total. The highest BCUT2D eigenvalue weighted by Crippen LogP contribution is 2.15. The first-order valence-electron chi connectivity index (χ1n) is 7.07. The fraction of sp³-hybridized carbons (Fsp3) is 0.846. The van der Waals surface area contributed by atoms with Gasteiger partial charge in [0.1, 0.15) is 0 Å². The molecule has 2 N–H and O–H groups in total. The van der Waals surface area contributed by atoms with Crippen LogP contribution in [0.5, 0.6) is 0 Å². The van der Waals surface area contributed by atoms with Gasteiger partial charge in [-0.1, -0.05) is 18.5 Å². The normalized spacial score (nSPS) is 23.7. The first-order chi connectivity index (χ1) is 9.10. The molecule has 2 heterocycles. The summed E-state index contributed by atoms with van der Waals surface area (Å²) in [5.74, 6) is 1.34. The Hall–Kier alpha value is -0.980. The van der Waals surface area contributed by atoms with Crippen molar-refractivity contribution in [3.8, 4) is 0 Å². The van der Waals surface area contributed by atoms with Crippen molar-refractivity contribution in [2.45, 2.75) is 38.3 Å². The fourth-order valence-corrected chi connectivity index (χ4v) is 2.47. The van der Waals surface area contributed by atoms with Gasteiger partial charge in [-0.25, -0.2) is 0 Å². The van der Waals surface area contributed by atoms with E-state index in [-0.39, 0.29) is 6.04 Å². The van der Waals surface area contributed by atoms with Crippen LogP contribution in [-0.4, -0.2) is 59.7 Å². The lowest BCUT2D eigenvalue weighted by atomic mass is 10.1. The van der Waals surface area contributed by atoms with E-state index in [0.717, 1.165) is 44.7 Å². The van der Waals surface area contributed by atoms with Crippen molar-refractivity contribution < 1.29 is 4.52 Å². The van der Waals surface area contributed by atoms with E-state index in [0.29, 0.717) is 11.9 Å². The first-order valence-corrected chi connectivity index (χ1v) is 7.07. The Kier molecular flexibility index (Phi) is 4.90. The number of aromatic nitrogens is 2. The summed E-state index contributed by atoms with van der Waals surface area (Å²) in [5, 5.41) is 4.06. The maximum Gasteiger partial charge on any atom is 0.243 e. The number of hydrogen-bond donors (Lipinski definition) is 1. The van der Waals surface area contributed by atoms with Crippen LogP contribution in [0, 0.1) is 0 Å². The van der Waals surface area contributed by atoms with Crippen molar-refractivity contribution in [3.63, 3.8) is 0 Å². The van der Waals surface area contributed by atoms with Crippen LogP contribution in [0.2, 0.25) is 0 Å². The summed E-state index contributed by atoms with van der Waals surface area (Å²) in [5.41, 5.74) is 5.99. The zero-order chi connectivity index (χ0) is 13.8. The van der Waals surface area contributed by atoms with E-state index in [1.165, 1.54) is 0 Å². The first kappa shape index (κ1) is 14.4.